The molecule has 0 aliphatic rings. The van der Waals surface area contributed by atoms with Crippen LogP contribution in [0.25, 0.3) is 0 Å². The van der Waals surface area contributed by atoms with Crippen LogP contribution in [0.5, 0.6) is 0 Å². The minimum Gasteiger partial charge on any atom is -0.383 e. The molecule has 0 unspecified atom stereocenters. The Morgan fingerprint density at radius 2 is 2.60 bits per heavy atom. The zero-order chi connectivity index (χ0) is 7.40. The number of nitrogens with zero attached hydrogens (tertiary/aromatic N) is 1. The first-order chi connectivity index (χ1) is 4.84. The van der Waals surface area contributed by atoms with E-state index in [1.54, 1.807) is 16.8 Å². The van der Waals surface area contributed by atoms with Gasteiger partial charge in [-0.05, 0) is 5.75 Å². The molecule has 1 rings (SSSR count). The Kier molecular flexibility index (Phi) is 3.02. The van der Waals surface area contributed by atoms with Gasteiger partial charge in [-0.25, -0.2) is 4.98 Å². The van der Waals surface area contributed by atoms with Crippen LogP contribution >= 0.6 is 23.1 Å². The zero-order valence-electron chi connectivity index (χ0n) is 5.83. The lowest BCUT2D eigenvalue weighted by Gasteiger charge is -1.93. The maximum atomic E-state index is 5.57. The van der Waals surface area contributed by atoms with Crippen LogP contribution < -0.4 is 5.73 Å². The van der Waals surface area contributed by atoms with Gasteiger partial charge in [0.25, 0.3) is 0 Å². The Balaban J connectivity index is 2.49. The maximum Gasteiger partial charge on any atom is 0.138 e. The van der Waals surface area contributed by atoms with Gasteiger partial charge in [0.05, 0.1) is 10.4 Å². The second-order valence-electron chi connectivity index (χ2n) is 1.80. The lowest BCUT2D eigenvalue weighted by Crippen LogP contribution is -1.88. The fourth-order valence-electron chi connectivity index (χ4n) is 0.582. The van der Waals surface area contributed by atoms with Crippen molar-refractivity contribution in [1.29, 1.82) is 0 Å². The minimum atomic E-state index is 0.700. The molecule has 1 aromatic rings. The molecule has 0 aromatic carbocycles. The first-order valence-corrected chi connectivity index (χ1v) is 5.13. The van der Waals surface area contributed by atoms with E-state index in [1.165, 1.54) is 4.88 Å². The molecule has 1 heterocycles. The second kappa shape index (κ2) is 3.83. The van der Waals surface area contributed by atoms with Crippen LogP contribution in [0.2, 0.25) is 0 Å². The Morgan fingerprint density at radius 1 is 1.80 bits per heavy atom. The third-order valence-corrected chi connectivity index (χ3v) is 3.04. The second-order valence-corrected chi connectivity index (χ2v) is 4.01. The molecule has 0 spiro atoms. The number of hydrogen-bond acceptors (Lipinski definition) is 4. The highest BCUT2D eigenvalue weighted by Gasteiger charge is 1.99. The monoisotopic (exact) mass is 174 g/mol. The number of thioether (sulfide) groups is 1. The molecule has 0 bridgehead atoms. The SMILES string of the molecule is CCSCc1scnc1N. The number of nitrogens with two attached hydrogens (primary N) is 1. The molecule has 0 saturated heterocycles. The Bertz CT molecular complexity index is 197. The van der Waals surface area contributed by atoms with Crippen LogP contribution in [-0.2, 0) is 5.75 Å². The number of rotatable bonds is 3. The van der Waals surface area contributed by atoms with Gasteiger partial charge in [-0.15, -0.1) is 11.3 Å². The van der Waals surface area contributed by atoms with Crippen molar-refractivity contribution in [1.82, 2.24) is 4.98 Å². The molecule has 1 aromatic heterocycles. The maximum absolute atomic E-state index is 5.57. The third kappa shape index (κ3) is 1.88. The Morgan fingerprint density at radius 3 is 3.10 bits per heavy atom. The van der Waals surface area contributed by atoms with Crippen LogP contribution in [0, 0.1) is 0 Å². The lowest BCUT2D eigenvalue weighted by atomic mass is 10.6. The molecule has 10 heavy (non-hydrogen) atoms. The van der Waals surface area contributed by atoms with Gasteiger partial charge < -0.3 is 5.73 Å². The molecule has 2 nitrogen and oxygen atoms in total. The largest absolute Gasteiger partial charge is 0.383 e. The van der Waals surface area contributed by atoms with E-state index in [0.29, 0.717) is 5.82 Å². The van der Waals surface area contributed by atoms with Gasteiger partial charge in [0.15, 0.2) is 0 Å². The Labute approximate surface area is 68.8 Å². The number of hydrogen-bond donors (Lipinski definition) is 1. The summed E-state index contributed by atoms with van der Waals surface area (Å²) >= 11 is 3.50. The summed E-state index contributed by atoms with van der Waals surface area (Å²) in [5.74, 6) is 2.84. The summed E-state index contributed by atoms with van der Waals surface area (Å²) in [5, 5.41) is 0. The Hall–Kier alpha value is -0.220. The van der Waals surface area contributed by atoms with Gasteiger partial charge in [-0.3, -0.25) is 0 Å². The minimum absolute atomic E-state index is 0.700. The van der Waals surface area contributed by atoms with E-state index in [-0.39, 0.29) is 0 Å². The summed E-state index contributed by atoms with van der Waals surface area (Å²) in [7, 11) is 0. The molecule has 56 valence electrons. The molecular weight excluding hydrogens is 164 g/mol. The molecule has 0 fully saturated rings. The summed E-state index contributed by atoms with van der Waals surface area (Å²) in [4.78, 5) is 5.15. The van der Waals surface area contributed by atoms with Crippen LogP contribution in [-0.4, -0.2) is 10.7 Å². The van der Waals surface area contributed by atoms with Crippen LogP contribution in [0.3, 0.4) is 0 Å². The molecule has 0 saturated carbocycles. The van der Waals surface area contributed by atoms with Crippen molar-refractivity contribution in [2.75, 3.05) is 11.5 Å². The van der Waals surface area contributed by atoms with Gasteiger partial charge in [-0.1, -0.05) is 6.92 Å². The summed E-state index contributed by atoms with van der Waals surface area (Å²) in [6.45, 7) is 2.14. The van der Waals surface area contributed by atoms with E-state index in [2.05, 4.69) is 11.9 Å². The predicted molar refractivity (Wildman–Crippen MR) is 48.4 cm³/mol. The zero-order valence-corrected chi connectivity index (χ0v) is 7.47. The standard InChI is InChI=1S/C6H10N2S2/c1-2-9-3-5-6(7)8-4-10-5/h4H,2-3,7H2,1H3. The quantitative estimate of drug-likeness (QED) is 0.761. The van der Waals surface area contributed by atoms with Crippen molar-refractivity contribution in [3.8, 4) is 0 Å². The van der Waals surface area contributed by atoms with E-state index in [0.717, 1.165) is 11.5 Å². The van der Waals surface area contributed by atoms with Gasteiger partial charge in [0.2, 0.25) is 0 Å². The van der Waals surface area contributed by atoms with Gasteiger partial charge in [-0.2, -0.15) is 11.8 Å². The topological polar surface area (TPSA) is 38.9 Å². The van der Waals surface area contributed by atoms with Crippen molar-refractivity contribution < 1.29 is 0 Å². The average molecular weight is 174 g/mol. The highest BCUT2D eigenvalue weighted by molar-refractivity contribution is 7.98. The fraction of sp³-hybridized carbons (Fsp3) is 0.500. The smallest absolute Gasteiger partial charge is 0.138 e. The van der Waals surface area contributed by atoms with Crippen molar-refractivity contribution in [3.05, 3.63) is 10.4 Å². The molecule has 0 aliphatic carbocycles. The molecule has 0 atom stereocenters. The van der Waals surface area contributed by atoms with Gasteiger partial charge in [0, 0.05) is 5.75 Å². The lowest BCUT2D eigenvalue weighted by molar-refractivity contribution is 1.37. The fourth-order valence-corrected chi connectivity index (χ4v) is 2.11. The van der Waals surface area contributed by atoms with Crippen molar-refractivity contribution in [3.63, 3.8) is 0 Å². The molecule has 0 radical (unpaired) electrons. The number of aromatic nitrogens is 1. The molecular formula is C6H10N2S2. The number of nitrogen functional groups attached to an aromatic ring is 1. The normalized spacial score (nSPS) is 10.1. The van der Waals surface area contributed by atoms with E-state index in [9.17, 15) is 0 Å². The van der Waals surface area contributed by atoms with E-state index < -0.39 is 0 Å². The molecule has 0 aliphatic heterocycles. The summed E-state index contributed by atoms with van der Waals surface area (Å²) in [6, 6.07) is 0. The van der Waals surface area contributed by atoms with Gasteiger partial charge in [0.1, 0.15) is 5.82 Å². The summed E-state index contributed by atoms with van der Waals surface area (Å²) < 4.78 is 0. The first-order valence-electron chi connectivity index (χ1n) is 3.10. The van der Waals surface area contributed by atoms with Crippen LogP contribution in [0.4, 0.5) is 5.82 Å². The van der Waals surface area contributed by atoms with Crippen LogP contribution in [0.15, 0.2) is 5.51 Å². The van der Waals surface area contributed by atoms with Crippen LogP contribution in [0.1, 0.15) is 11.8 Å². The molecule has 4 heteroatoms. The third-order valence-electron chi connectivity index (χ3n) is 1.11. The highest BCUT2D eigenvalue weighted by atomic mass is 32.2. The van der Waals surface area contributed by atoms with E-state index in [4.69, 9.17) is 5.73 Å². The van der Waals surface area contributed by atoms with Crippen molar-refractivity contribution in [2.45, 2.75) is 12.7 Å². The number of anilines is 1. The summed E-state index contributed by atoms with van der Waals surface area (Å²) in [5.41, 5.74) is 7.36. The average Bonchev–Trinajstić information content (AvgIpc) is 2.31. The van der Waals surface area contributed by atoms with Gasteiger partial charge >= 0.3 is 0 Å². The van der Waals surface area contributed by atoms with E-state index >= 15 is 0 Å². The summed E-state index contributed by atoms with van der Waals surface area (Å²) in [6.07, 6.45) is 0. The predicted octanol–water partition coefficient (Wildman–Crippen LogP) is 1.98. The molecule has 2 N–H and O–H groups in total. The number of thiazole rings is 1. The first kappa shape index (κ1) is 7.88. The highest BCUT2D eigenvalue weighted by Crippen LogP contribution is 2.20. The molecule has 0 amide bonds. The van der Waals surface area contributed by atoms with E-state index in [1.807, 2.05) is 11.8 Å². The van der Waals surface area contributed by atoms with Crippen molar-refractivity contribution >= 4 is 28.9 Å². The van der Waals surface area contributed by atoms with Crippen molar-refractivity contribution in [2.24, 2.45) is 0 Å².